The number of nitrogens with one attached hydrogen (secondary N) is 2. The Morgan fingerprint density at radius 1 is 1.22 bits per heavy atom. The Morgan fingerprint density at radius 2 is 1.87 bits per heavy atom. The molecule has 6 heteroatoms. The zero-order valence-electron chi connectivity index (χ0n) is 13.5. The van der Waals surface area contributed by atoms with Crippen LogP contribution < -0.4 is 10.8 Å². The highest BCUT2D eigenvalue weighted by molar-refractivity contribution is 5.90. The van der Waals surface area contributed by atoms with Gasteiger partial charge in [0.05, 0.1) is 0 Å². The lowest BCUT2D eigenvalue weighted by atomic mass is 10.0. The highest BCUT2D eigenvalue weighted by Gasteiger charge is 2.17. The summed E-state index contributed by atoms with van der Waals surface area (Å²) in [5.41, 5.74) is 3.45. The zero-order chi connectivity index (χ0) is 17.2. The summed E-state index contributed by atoms with van der Waals surface area (Å²) in [6, 6.07) is 7.06. The van der Waals surface area contributed by atoms with Crippen molar-refractivity contribution in [2.75, 3.05) is 6.54 Å². The molecule has 0 unspecified atom stereocenters. The van der Waals surface area contributed by atoms with Crippen LogP contribution in [0.1, 0.15) is 31.4 Å². The summed E-state index contributed by atoms with van der Waals surface area (Å²) in [6.07, 6.45) is 4.16. The van der Waals surface area contributed by atoms with Crippen molar-refractivity contribution in [3.63, 3.8) is 0 Å². The lowest BCUT2D eigenvalue weighted by Crippen LogP contribution is -2.38. The van der Waals surface area contributed by atoms with Crippen LogP contribution in [-0.4, -0.2) is 34.8 Å². The Hall–Kier alpha value is -2.18. The Bertz CT molecular complexity index is 538. The number of carboxylic acids is 1. The van der Waals surface area contributed by atoms with Crippen LogP contribution in [0.4, 0.5) is 0 Å². The summed E-state index contributed by atoms with van der Waals surface area (Å²) in [5, 5.41) is 20.6. The second-order valence-electron chi connectivity index (χ2n) is 5.78. The molecule has 1 amide bonds. The van der Waals surface area contributed by atoms with Gasteiger partial charge in [-0.3, -0.25) is 14.8 Å². The summed E-state index contributed by atoms with van der Waals surface area (Å²) in [6.45, 7) is 4.59. The van der Waals surface area contributed by atoms with E-state index in [1.807, 2.05) is 38.1 Å². The van der Waals surface area contributed by atoms with E-state index < -0.39 is 17.9 Å². The minimum Gasteiger partial charge on any atom is -0.480 e. The van der Waals surface area contributed by atoms with E-state index in [1.165, 1.54) is 11.6 Å². The maximum absolute atomic E-state index is 11.2. The van der Waals surface area contributed by atoms with E-state index in [4.69, 9.17) is 10.3 Å². The number of amides is 1. The maximum atomic E-state index is 11.2. The highest BCUT2D eigenvalue weighted by Crippen LogP contribution is 2.08. The molecule has 0 radical (unpaired) electrons. The van der Waals surface area contributed by atoms with Crippen molar-refractivity contribution >= 4 is 18.0 Å². The number of benzene rings is 1. The van der Waals surface area contributed by atoms with E-state index in [9.17, 15) is 9.59 Å². The van der Waals surface area contributed by atoms with Gasteiger partial charge in [-0.1, -0.05) is 38.1 Å². The van der Waals surface area contributed by atoms with Crippen molar-refractivity contribution < 1.29 is 19.9 Å². The molecule has 126 valence electrons. The van der Waals surface area contributed by atoms with E-state index >= 15 is 0 Å². The Morgan fingerprint density at radius 3 is 2.39 bits per heavy atom. The fourth-order valence-electron chi connectivity index (χ4n) is 2.14. The fourth-order valence-corrected chi connectivity index (χ4v) is 2.14. The first-order chi connectivity index (χ1) is 10.9. The minimum atomic E-state index is -0.818. The average Bonchev–Trinajstić information content (AvgIpc) is 2.52. The third kappa shape index (κ3) is 7.58. The number of hydrogen-bond donors (Lipinski definition) is 4. The smallest absolute Gasteiger partial charge is 0.320 e. The Labute approximate surface area is 136 Å². The summed E-state index contributed by atoms with van der Waals surface area (Å²) >= 11 is 0. The van der Waals surface area contributed by atoms with E-state index in [2.05, 4.69) is 5.32 Å². The van der Waals surface area contributed by atoms with Gasteiger partial charge in [-0.25, -0.2) is 5.48 Å². The normalized spacial score (nSPS) is 12.5. The molecule has 1 rings (SSSR count). The molecule has 0 bridgehead atoms. The zero-order valence-corrected chi connectivity index (χ0v) is 13.5. The van der Waals surface area contributed by atoms with E-state index in [1.54, 1.807) is 6.08 Å². The summed E-state index contributed by atoms with van der Waals surface area (Å²) in [7, 11) is 0. The third-order valence-electron chi connectivity index (χ3n) is 3.33. The van der Waals surface area contributed by atoms with Gasteiger partial charge in [-0.05, 0) is 42.5 Å². The van der Waals surface area contributed by atoms with Crippen molar-refractivity contribution in [3.05, 3.63) is 41.5 Å². The van der Waals surface area contributed by atoms with Crippen LogP contribution in [0.25, 0.3) is 6.08 Å². The van der Waals surface area contributed by atoms with Gasteiger partial charge in [0.15, 0.2) is 0 Å². The molecule has 4 N–H and O–H groups in total. The predicted molar refractivity (Wildman–Crippen MR) is 88.0 cm³/mol. The Balaban J connectivity index is 2.47. The summed E-state index contributed by atoms with van der Waals surface area (Å²) < 4.78 is 0. The minimum absolute atomic E-state index is 0.325. The first-order valence-corrected chi connectivity index (χ1v) is 7.59. The Kier molecular flexibility index (Phi) is 8.01. The molecular formula is C17H24N2O4. The quantitative estimate of drug-likeness (QED) is 0.316. The number of rotatable bonds is 9. The van der Waals surface area contributed by atoms with Gasteiger partial charge < -0.3 is 10.4 Å². The van der Waals surface area contributed by atoms with Crippen molar-refractivity contribution in [2.45, 2.75) is 32.7 Å². The van der Waals surface area contributed by atoms with E-state index in [0.717, 1.165) is 17.5 Å². The standard InChI is InChI=1S/C17H24N2O4/c1-12(2)11-15(17(21)22)18-10-9-14-5-3-13(4-6-14)7-8-16(20)19-23/h3-8,12,15,18,23H,9-11H2,1-2H3,(H,19,20)(H,21,22)/b8-7+/t15-/m1/s1. The molecule has 0 aliphatic heterocycles. The maximum Gasteiger partial charge on any atom is 0.320 e. The molecule has 0 fully saturated rings. The molecule has 1 aromatic carbocycles. The van der Waals surface area contributed by atoms with Crippen molar-refractivity contribution in [2.24, 2.45) is 5.92 Å². The number of aliphatic carboxylic acids is 1. The second-order valence-corrected chi connectivity index (χ2v) is 5.78. The molecule has 0 heterocycles. The second kappa shape index (κ2) is 9.76. The molecule has 0 saturated carbocycles. The van der Waals surface area contributed by atoms with Gasteiger partial charge in [0.2, 0.25) is 0 Å². The van der Waals surface area contributed by atoms with Gasteiger partial charge in [0.1, 0.15) is 6.04 Å². The van der Waals surface area contributed by atoms with Crippen LogP contribution >= 0.6 is 0 Å². The lowest BCUT2D eigenvalue weighted by Gasteiger charge is -2.16. The van der Waals surface area contributed by atoms with Crippen LogP contribution in [0.5, 0.6) is 0 Å². The topological polar surface area (TPSA) is 98.7 Å². The van der Waals surface area contributed by atoms with Crippen LogP contribution in [0.15, 0.2) is 30.3 Å². The van der Waals surface area contributed by atoms with Gasteiger partial charge in [0.25, 0.3) is 5.91 Å². The highest BCUT2D eigenvalue weighted by atomic mass is 16.5. The molecule has 1 atom stereocenters. The molecule has 0 aliphatic carbocycles. The number of carbonyl (C=O) groups excluding carboxylic acids is 1. The van der Waals surface area contributed by atoms with E-state index in [-0.39, 0.29) is 0 Å². The van der Waals surface area contributed by atoms with E-state index in [0.29, 0.717) is 18.9 Å². The number of carbonyl (C=O) groups is 2. The lowest BCUT2D eigenvalue weighted by molar-refractivity contribution is -0.139. The van der Waals surface area contributed by atoms with Crippen molar-refractivity contribution in [3.8, 4) is 0 Å². The summed E-state index contributed by atoms with van der Waals surface area (Å²) in [5.74, 6) is -1.07. The molecule has 23 heavy (non-hydrogen) atoms. The largest absolute Gasteiger partial charge is 0.480 e. The first kappa shape index (κ1) is 18.9. The van der Waals surface area contributed by atoms with Gasteiger partial charge in [-0.2, -0.15) is 0 Å². The van der Waals surface area contributed by atoms with Crippen LogP contribution in [0.2, 0.25) is 0 Å². The molecule has 0 aromatic heterocycles. The van der Waals surface area contributed by atoms with Crippen LogP contribution in [0.3, 0.4) is 0 Å². The van der Waals surface area contributed by atoms with Crippen molar-refractivity contribution in [1.29, 1.82) is 0 Å². The van der Waals surface area contributed by atoms with Gasteiger partial charge in [-0.15, -0.1) is 0 Å². The molecular weight excluding hydrogens is 296 g/mol. The monoisotopic (exact) mass is 320 g/mol. The number of hydroxylamine groups is 1. The number of carboxylic acid groups (broad SMARTS) is 1. The molecule has 0 spiro atoms. The third-order valence-corrected chi connectivity index (χ3v) is 3.33. The fraction of sp³-hybridized carbons (Fsp3) is 0.412. The van der Waals surface area contributed by atoms with Crippen molar-refractivity contribution in [1.82, 2.24) is 10.8 Å². The average molecular weight is 320 g/mol. The molecule has 6 nitrogen and oxygen atoms in total. The molecule has 1 aromatic rings. The van der Waals surface area contributed by atoms with Gasteiger partial charge in [0, 0.05) is 6.08 Å². The number of hydrogen-bond acceptors (Lipinski definition) is 4. The summed E-state index contributed by atoms with van der Waals surface area (Å²) in [4.78, 5) is 22.0. The van der Waals surface area contributed by atoms with Crippen LogP contribution in [-0.2, 0) is 16.0 Å². The van der Waals surface area contributed by atoms with Crippen LogP contribution in [0, 0.1) is 5.92 Å². The predicted octanol–water partition coefficient (Wildman–Crippen LogP) is 1.84. The SMILES string of the molecule is CC(C)C[C@@H](NCCc1ccc(/C=C/C(=O)NO)cc1)C(=O)O. The van der Waals surface area contributed by atoms with Gasteiger partial charge >= 0.3 is 5.97 Å². The molecule has 0 aliphatic rings. The first-order valence-electron chi connectivity index (χ1n) is 7.59. The molecule has 0 saturated heterocycles.